The molecule has 0 spiro atoms. The topological polar surface area (TPSA) is 34.4 Å². The van der Waals surface area contributed by atoms with Crippen LogP contribution >= 0.6 is 23.4 Å². The van der Waals surface area contributed by atoms with E-state index >= 15 is 0 Å². The summed E-state index contributed by atoms with van der Waals surface area (Å²) in [6.45, 7) is 0. The molecular formula is C15H11ClN2OS. The smallest absolute Gasteiger partial charge is 0.173 e. The van der Waals surface area contributed by atoms with Crippen LogP contribution in [0.1, 0.15) is 10.4 Å². The SMILES string of the molecule is O=C(CSc1ncc2ccccn12)c1ccc(Cl)cc1. The van der Waals surface area contributed by atoms with Crippen LogP contribution in [0.25, 0.3) is 5.52 Å². The van der Waals surface area contributed by atoms with Crippen molar-refractivity contribution in [3.8, 4) is 0 Å². The van der Waals surface area contributed by atoms with Crippen LogP contribution in [0.5, 0.6) is 0 Å². The lowest BCUT2D eigenvalue weighted by atomic mass is 10.1. The number of ketones is 1. The van der Waals surface area contributed by atoms with Gasteiger partial charge in [0.15, 0.2) is 10.9 Å². The number of imidazole rings is 1. The van der Waals surface area contributed by atoms with Crippen molar-refractivity contribution in [2.45, 2.75) is 5.16 Å². The van der Waals surface area contributed by atoms with Gasteiger partial charge in [0.25, 0.3) is 0 Å². The highest BCUT2D eigenvalue weighted by molar-refractivity contribution is 7.99. The van der Waals surface area contributed by atoms with Gasteiger partial charge >= 0.3 is 0 Å². The molecule has 0 aliphatic rings. The summed E-state index contributed by atoms with van der Waals surface area (Å²) in [5.74, 6) is 0.426. The molecule has 1 aromatic carbocycles. The van der Waals surface area contributed by atoms with E-state index in [-0.39, 0.29) is 5.78 Å². The van der Waals surface area contributed by atoms with Gasteiger partial charge in [-0.3, -0.25) is 9.20 Å². The van der Waals surface area contributed by atoms with Gasteiger partial charge < -0.3 is 0 Å². The van der Waals surface area contributed by atoms with Gasteiger partial charge in [-0.15, -0.1) is 0 Å². The molecule has 0 aliphatic carbocycles. The lowest BCUT2D eigenvalue weighted by molar-refractivity contribution is 0.102. The standard InChI is InChI=1S/C15H11ClN2OS/c16-12-6-4-11(5-7-12)14(19)10-20-15-17-9-13-3-1-2-8-18(13)15/h1-9H,10H2. The number of carbonyl (C=O) groups is 1. The minimum atomic E-state index is 0.0688. The maximum Gasteiger partial charge on any atom is 0.173 e. The number of hydrogen-bond donors (Lipinski definition) is 0. The van der Waals surface area contributed by atoms with E-state index in [2.05, 4.69) is 4.98 Å². The molecule has 0 radical (unpaired) electrons. The second-order valence-electron chi connectivity index (χ2n) is 4.26. The molecule has 0 atom stereocenters. The molecular weight excluding hydrogens is 292 g/mol. The van der Waals surface area contributed by atoms with E-state index in [1.807, 2.05) is 28.8 Å². The van der Waals surface area contributed by atoms with Gasteiger partial charge in [0.2, 0.25) is 0 Å². The second kappa shape index (κ2) is 5.69. The molecule has 2 heterocycles. The first-order valence-electron chi connectivity index (χ1n) is 6.08. The largest absolute Gasteiger partial charge is 0.295 e. The van der Waals surface area contributed by atoms with E-state index in [0.29, 0.717) is 16.3 Å². The first-order chi connectivity index (χ1) is 9.74. The highest BCUT2D eigenvalue weighted by Gasteiger charge is 2.09. The maximum atomic E-state index is 12.1. The Morgan fingerprint density at radius 3 is 2.80 bits per heavy atom. The lowest BCUT2D eigenvalue weighted by Crippen LogP contribution is -2.02. The molecule has 0 amide bonds. The predicted molar refractivity (Wildman–Crippen MR) is 81.7 cm³/mol. The van der Waals surface area contributed by atoms with Gasteiger partial charge in [-0.05, 0) is 36.4 Å². The summed E-state index contributed by atoms with van der Waals surface area (Å²) < 4.78 is 1.97. The number of aromatic nitrogens is 2. The Kier molecular flexibility index (Phi) is 3.76. The first kappa shape index (κ1) is 13.2. The predicted octanol–water partition coefficient (Wildman–Crippen LogP) is 3.96. The quantitative estimate of drug-likeness (QED) is 0.540. The average Bonchev–Trinajstić information content (AvgIpc) is 2.89. The molecule has 0 saturated heterocycles. The first-order valence-corrected chi connectivity index (χ1v) is 7.44. The van der Waals surface area contributed by atoms with Crippen molar-refractivity contribution in [1.29, 1.82) is 0 Å². The number of carbonyl (C=O) groups excluding carboxylic acids is 1. The molecule has 0 saturated carbocycles. The molecule has 3 nitrogen and oxygen atoms in total. The zero-order chi connectivity index (χ0) is 13.9. The van der Waals surface area contributed by atoms with Gasteiger partial charge in [-0.2, -0.15) is 0 Å². The number of Topliss-reactive ketones (excluding diaryl/α,β-unsaturated/α-hetero) is 1. The number of fused-ring (bicyclic) bond motifs is 1. The lowest BCUT2D eigenvalue weighted by Gasteiger charge is -2.01. The van der Waals surface area contributed by atoms with E-state index in [1.165, 1.54) is 11.8 Å². The number of hydrogen-bond acceptors (Lipinski definition) is 3. The summed E-state index contributed by atoms with van der Waals surface area (Å²) in [5.41, 5.74) is 1.69. The third kappa shape index (κ3) is 2.71. The second-order valence-corrected chi connectivity index (χ2v) is 5.63. The Morgan fingerprint density at radius 2 is 2.00 bits per heavy atom. The van der Waals surface area contributed by atoms with Gasteiger partial charge in [-0.1, -0.05) is 29.4 Å². The van der Waals surface area contributed by atoms with Crippen molar-refractivity contribution in [1.82, 2.24) is 9.38 Å². The van der Waals surface area contributed by atoms with E-state index in [4.69, 9.17) is 11.6 Å². The van der Waals surface area contributed by atoms with Crippen LogP contribution in [0, 0.1) is 0 Å². The van der Waals surface area contributed by atoms with Gasteiger partial charge in [-0.25, -0.2) is 4.98 Å². The molecule has 100 valence electrons. The van der Waals surface area contributed by atoms with Crippen molar-refractivity contribution in [2.24, 2.45) is 0 Å². The molecule has 0 aliphatic heterocycles. The molecule has 2 aromatic heterocycles. The summed E-state index contributed by atoms with van der Waals surface area (Å²) in [6.07, 6.45) is 3.74. The molecule has 3 aromatic rings. The third-order valence-electron chi connectivity index (χ3n) is 2.90. The molecule has 0 unspecified atom stereocenters. The van der Waals surface area contributed by atoms with Crippen molar-refractivity contribution in [2.75, 3.05) is 5.75 Å². The third-order valence-corrected chi connectivity index (χ3v) is 4.12. The molecule has 0 fully saturated rings. The Balaban J connectivity index is 1.73. The summed E-state index contributed by atoms with van der Waals surface area (Å²) in [7, 11) is 0. The molecule has 20 heavy (non-hydrogen) atoms. The van der Waals surface area contributed by atoms with Gasteiger partial charge in [0.05, 0.1) is 17.5 Å². The van der Waals surface area contributed by atoms with Crippen LogP contribution < -0.4 is 0 Å². The Labute approximate surface area is 125 Å². The summed E-state index contributed by atoms with van der Waals surface area (Å²) in [6, 6.07) is 12.8. The van der Waals surface area contributed by atoms with Crippen molar-refractivity contribution >= 4 is 34.7 Å². The molecule has 0 bridgehead atoms. The fourth-order valence-electron chi connectivity index (χ4n) is 1.88. The van der Waals surface area contributed by atoms with Crippen LogP contribution in [-0.2, 0) is 0 Å². The van der Waals surface area contributed by atoms with E-state index < -0.39 is 0 Å². The highest BCUT2D eigenvalue weighted by atomic mass is 35.5. The summed E-state index contributed by atoms with van der Waals surface area (Å²) in [5, 5.41) is 1.45. The monoisotopic (exact) mass is 302 g/mol. The molecule has 3 rings (SSSR count). The van der Waals surface area contributed by atoms with E-state index in [0.717, 1.165) is 10.7 Å². The highest BCUT2D eigenvalue weighted by Crippen LogP contribution is 2.20. The molecule has 5 heteroatoms. The minimum absolute atomic E-state index is 0.0688. The number of pyridine rings is 1. The van der Waals surface area contributed by atoms with Crippen molar-refractivity contribution in [3.63, 3.8) is 0 Å². The van der Waals surface area contributed by atoms with Crippen molar-refractivity contribution < 1.29 is 4.79 Å². The number of rotatable bonds is 4. The zero-order valence-corrected chi connectivity index (χ0v) is 12.1. The van der Waals surface area contributed by atoms with Crippen LogP contribution in [0.4, 0.5) is 0 Å². The van der Waals surface area contributed by atoms with Crippen LogP contribution in [-0.4, -0.2) is 20.9 Å². The zero-order valence-electron chi connectivity index (χ0n) is 10.5. The van der Waals surface area contributed by atoms with Crippen molar-refractivity contribution in [3.05, 3.63) is 65.4 Å². The number of benzene rings is 1. The molecule has 0 N–H and O–H groups in total. The van der Waals surface area contributed by atoms with Gasteiger partial charge in [0.1, 0.15) is 0 Å². The fourth-order valence-corrected chi connectivity index (χ4v) is 2.86. The van der Waals surface area contributed by atoms with Crippen LogP contribution in [0.3, 0.4) is 0 Å². The summed E-state index contributed by atoms with van der Waals surface area (Å²) >= 11 is 7.24. The minimum Gasteiger partial charge on any atom is -0.295 e. The fraction of sp³-hybridized carbons (Fsp3) is 0.0667. The summed E-state index contributed by atoms with van der Waals surface area (Å²) in [4.78, 5) is 16.4. The average molecular weight is 303 g/mol. The maximum absolute atomic E-state index is 12.1. The number of halogens is 1. The Bertz CT molecular complexity index is 752. The number of thioether (sulfide) groups is 1. The van der Waals surface area contributed by atoms with E-state index in [1.54, 1.807) is 30.5 Å². The van der Waals surface area contributed by atoms with Crippen LogP contribution in [0.15, 0.2) is 60.0 Å². The Morgan fingerprint density at radius 1 is 1.20 bits per heavy atom. The number of nitrogens with zero attached hydrogens (tertiary/aromatic N) is 2. The van der Waals surface area contributed by atoms with E-state index in [9.17, 15) is 4.79 Å². The Hall–Kier alpha value is -1.78. The normalized spacial score (nSPS) is 10.8. The van der Waals surface area contributed by atoms with Crippen LogP contribution in [0.2, 0.25) is 5.02 Å². The van der Waals surface area contributed by atoms with Gasteiger partial charge in [0, 0.05) is 16.8 Å².